The molecule has 0 aliphatic carbocycles. The lowest BCUT2D eigenvalue weighted by Gasteiger charge is -2.20. The van der Waals surface area contributed by atoms with Crippen molar-refractivity contribution in [2.45, 2.75) is 25.7 Å². The first-order valence-corrected chi connectivity index (χ1v) is 9.00. The summed E-state index contributed by atoms with van der Waals surface area (Å²) in [6, 6.07) is 14.4. The summed E-state index contributed by atoms with van der Waals surface area (Å²) < 4.78 is 49.2. The lowest BCUT2D eigenvalue weighted by atomic mass is 10.1. The monoisotopic (exact) mass is 401 g/mol. The summed E-state index contributed by atoms with van der Waals surface area (Å²) in [5, 5.41) is 4.91. The number of hydrogen-bond acceptors (Lipinski definition) is 5. The maximum atomic E-state index is 12.7. The van der Waals surface area contributed by atoms with E-state index in [1.165, 1.54) is 12.1 Å². The van der Waals surface area contributed by atoms with Crippen molar-refractivity contribution < 1.29 is 22.1 Å². The van der Waals surface area contributed by atoms with Gasteiger partial charge < -0.3 is 8.94 Å². The minimum absolute atomic E-state index is 0.0381. The molecule has 0 bridgehead atoms. The number of nitrogens with zero attached hydrogens (tertiary/aromatic N) is 3. The van der Waals surface area contributed by atoms with Gasteiger partial charge in [0, 0.05) is 10.9 Å². The van der Waals surface area contributed by atoms with Crippen molar-refractivity contribution in [3.05, 3.63) is 71.8 Å². The highest BCUT2D eigenvalue weighted by Gasteiger charge is 2.30. The van der Waals surface area contributed by atoms with Crippen LogP contribution in [0.1, 0.15) is 30.2 Å². The fraction of sp³-hybridized carbons (Fsp3) is 0.238. The standard InChI is InChI=1S/C21H18F3N3O2/c1-13(18-11-15-5-3-4-6-17(15)28-18)27(2)12-19-25-20(26-29-19)14-7-9-16(10-8-14)21(22,23)24/h3-11,13H,12H2,1-2H3/t13-/m0/s1. The van der Waals surface area contributed by atoms with Crippen LogP contribution >= 0.6 is 0 Å². The van der Waals surface area contributed by atoms with E-state index in [-0.39, 0.29) is 11.9 Å². The average molecular weight is 401 g/mol. The van der Waals surface area contributed by atoms with Crippen LogP contribution in [0.25, 0.3) is 22.4 Å². The molecule has 8 heteroatoms. The number of furan rings is 1. The average Bonchev–Trinajstić information content (AvgIpc) is 3.33. The van der Waals surface area contributed by atoms with Crippen LogP contribution in [0, 0.1) is 0 Å². The maximum Gasteiger partial charge on any atom is 0.416 e. The molecule has 2 aromatic heterocycles. The number of benzene rings is 2. The summed E-state index contributed by atoms with van der Waals surface area (Å²) in [7, 11) is 1.90. The van der Waals surface area contributed by atoms with Gasteiger partial charge in [0.1, 0.15) is 11.3 Å². The molecular formula is C21H18F3N3O2. The second-order valence-electron chi connectivity index (χ2n) is 6.86. The summed E-state index contributed by atoms with van der Waals surface area (Å²) in [5.74, 6) is 1.43. The molecule has 0 aliphatic rings. The molecule has 1 atom stereocenters. The third-order valence-electron chi connectivity index (χ3n) is 4.84. The van der Waals surface area contributed by atoms with Gasteiger partial charge in [0.2, 0.25) is 11.7 Å². The van der Waals surface area contributed by atoms with Crippen LogP contribution in [-0.4, -0.2) is 22.1 Å². The fourth-order valence-corrected chi connectivity index (χ4v) is 3.02. The van der Waals surface area contributed by atoms with E-state index in [0.29, 0.717) is 18.0 Å². The Labute approximate surface area is 164 Å². The molecule has 0 radical (unpaired) electrons. The normalized spacial score (nSPS) is 13.3. The summed E-state index contributed by atoms with van der Waals surface area (Å²) in [4.78, 5) is 6.29. The largest absolute Gasteiger partial charge is 0.459 e. The molecule has 0 spiro atoms. The van der Waals surface area contributed by atoms with Gasteiger partial charge >= 0.3 is 6.18 Å². The van der Waals surface area contributed by atoms with Crippen molar-refractivity contribution in [1.29, 1.82) is 0 Å². The van der Waals surface area contributed by atoms with E-state index >= 15 is 0 Å². The number of fused-ring (bicyclic) bond motifs is 1. The third-order valence-corrected chi connectivity index (χ3v) is 4.84. The van der Waals surface area contributed by atoms with E-state index in [2.05, 4.69) is 10.1 Å². The highest BCUT2D eigenvalue weighted by atomic mass is 19.4. The second-order valence-corrected chi connectivity index (χ2v) is 6.86. The molecule has 2 aromatic carbocycles. The predicted molar refractivity (Wildman–Crippen MR) is 101 cm³/mol. The Hall–Kier alpha value is -3.13. The van der Waals surface area contributed by atoms with Gasteiger partial charge in [0.15, 0.2) is 0 Å². The van der Waals surface area contributed by atoms with Gasteiger partial charge in [0.05, 0.1) is 18.2 Å². The minimum Gasteiger partial charge on any atom is -0.459 e. The number of halogens is 3. The van der Waals surface area contributed by atoms with E-state index in [9.17, 15) is 13.2 Å². The minimum atomic E-state index is -4.38. The van der Waals surface area contributed by atoms with Gasteiger partial charge in [-0.2, -0.15) is 18.2 Å². The molecular weight excluding hydrogens is 383 g/mol. The molecule has 0 saturated heterocycles. The van der Waals surface area contributed by atoms with Crippen LogP contribution in [-0.2, 0) is 12.7 Å². The van der Waals surface area contributed by atoms with Gasteiger partial charge in [-0.05, 0) is 38.2 Å². The molecule has 0 aliphatic heterocycles. The van der Waals surface area contributed by atoms with Crippen LogP contribution < -0.4 is 0 Å². The van der Waals surface area contributed by atoms with Gasteiger partial charge in [0.25, 0.3) is 0 Å². The molecule has 2 heterocycles. The smallest absolute Gasteiger partial charge is 0.416 e. The van der Waals surface area contributed by atoms with E-state index in [1.54, 1.807) is 0 Å². The highest BCUT2D eigenvalue weighted by Crippen LogP contribution is 2.31. The molecule has 0 saturated carbocycles. The van der Waals surface area contributed by atoms with Crippen LogP contribution in [0.15, 0.2) is 63.5 Å². The Kier molecular flexibility index (Phi) is 4.87. The Balaban J connectivity index is 1.46. The first-order chi connectivity index (χ1) is 13.8. The molecule has 0 fully saturated rings. The van der Waals surface area contributed by atoms with Crippen molar-refractivity contribution in [3.8, 4) is 11.4 Å². The lowest BCUT2D eigenvalue weighted by molar-refractivity contribution is -0.137. The molecule has 0 amide bonds. The number of rotatable bonds is 5. The molecule has 4 rings (SSSR count). The second kappa shape index (κ2) is 7.36. The van der Waals surface area contributed by atoms with Crippen molar-refractivity contribution in [2.75, 3.05) is 7.05 Å². The zero-order valence-corrected chi connectivity index (χ0v) is 15.8. The zero-order chi connectivity index (χ0) is 20.6. The van der Waals surface area contributed by atoms with Crippen LogP contribution in [0.5, 0.6) is 0 Å². The maximum absolute atomic E-state index is 12.7. The van der Waals surface area contributed by atoms with E-state index in [4.69, 9.17) is 8.94 Å². The first-order valence-electron chi connectivity index (χ1n) is 9.00. The SMILES string of the molecule is C[C@@H](c1cc2ccccc2o1)N(C)Cc1nc(-c2ccc(C(F)(F)F)cc2)no1. The molecule has 29 heavy (non-hydrogen) atoms. The number of para-hydroxylation sites is 1. The zero-order valence-electron chi connectivity index (χ0n) is 15.8. The van der Waals surface area contributed by atoms with E-state index in [0.717, 1.165) is 28.9 Å². The van der Waals surface area contributed by atoms with Crippen molar-refractivity contribution in [2.24, 2.45) is 0 Å². The van der Waals surface area contributed by atoms with Crippen molar-refractivity contribution >= 4 is 11.0 Å². The summed E-state index contributed by atoms with van der Waals surface area (Å²) in [5.41, 5.74) is 0.565. The van der Waals surface area contributed by atoms with Gasteiger partial charge in [-0.15, -0.1) is 0 Å². The number of aromatic nitrogens is 2. The summed E-state index contributed by atoms with van der Waals surface area (Å²) >= 11 is 0. The first kappa shape index (κ1) is 19.2. The van der Waals surface area contributed by atoms with E-state index < -0.39 is 11.7 Å². The Morgan fingerprint density at radius 1 is 1.07 bits per heavy atom. The lowest BCUT2D eigenvalue weighted by Crippen LogP contribution is -2.21. The Morgan fingerprint density at radius 2 is 1.79 bits per heavy atom. The molecule has 5 nitrogen and oxygen atoms in total. The number of hydrogen-bond donors (Lipinski definition) is 0. The quantitative estimate of drug-likeness (QED) is 0.430. The van der Waals surface area contributed by atoms with Crippen molar-refractivity contribution in [3.63, 3.8) is 0 Å². The van der Waals surface area contributed by atoms with Crippen LogP contribution in [0.4, 0.5) is 13.2 Å². The van der Waals surface area contributed by atoms with Gasteiger partial charge in [-0.1, -0.05) is 35.5 Å². The highest BCUT2D eigenvalue weighted by molar-refractivity contribution is 5.77. The summed E-state index contributed by atoms with van der Waals surface area (Å²) in [6.45, 7) is 2.37. The molecule has 0 unspecified atom stereocenters. The third kappa shape index (κ3) is 4.02. The van der Waals surface area contributed by atoms with Gasteiger partial charge in [-0.25, -0.2) is 0 Å². The van der Waals surface area contributed by atoms with Crippen LogP contribution in [0.3, 0.4) is 0 Å². The van der Waals surface area contributed by atoms with Crippen molar-refractivity contribution in [1.82, 2.24) is 15.0 Å². The summed E-state index contributed by atoms with van der Waals surface area (Å²) in [6.07, 6.45) is -4.38. The Morgan fingerprint density at radius 3 is 2.48 bits per heavy atom. The van der Waals surface area contributed by atoms with Gasteiger partial charge in [-0.3, -0.25) is 4.90 Å². The fourth-order valence-electron chi connectivity index (χ4n) is 3.02. The number of alkyl halides is 3. The molecule has 4 aromatic rings. The topological polar surface area (TPSA) is 55.3 Å². The molecule has 0 N–H and O–H groups in total. The predicted octanol–water partition coefficient (Wildman–Crippen LogP) is 5.69. The van der Waals surface area contributed by atoms with Crippen LogP contribution in [0.2, 0.25) is 0 Å². The molecule has 150 valence electrons. The Bertz CT molecular complexity index is 1080. The van der Waals surface area contributed by atoms with E-state index in [1.807, 2.05) is 49.2 Å².